The van der Waals surface area contributed by atoms with Crippen molar-refractivity contribution in [3.63, 3.8) is 0 Å². The van der Waals surface area contributed by atoms with Gasteiger partial charge in [-0.05, 0) is 37.7 Å². The summed E-state index contributed by atoms with van der Waals surface area (Å²) >= 11 is 0. The number of nitrogens with zero attached hydrogens (tertiary/aromatic N) is 4. The summed E-state index contributed by atoms with van der Waals surface area (Å²) in [5.41, 5.74) is 0.524. The van der Waals surface area contributed by atoms with Crippen molar-refractivity contribution in [1.82, 2.24) is 20.0 Å². The molecule has 2 aromatic heterocycles. The van der Waals surface area contributed by atoms with E-state index in [9.17, 15) is 4.79 Å². The number of hydrogen-bond donors (Lipinski definition) is 0. The number of hydrogen-bond acceptors (Lipinski definition) is 7. The minimum absolute atomic E-state index is 0.0832. The van der Waals surface area contributed by atoms with Crippen LogP contribution in [0.15, 0.2) is 22.9 Å². The first kappa shape index (κ1) is 17.9. The molecule has 4 rings (SSSR count). The van der Waals surface area contributed by atoms with Gasteiger partial charge >= 0.3 is 0 Å². The van der Waals surface area contributed by atoms with Crippen LogP contribution in [-0.2, 0) is 11.2 Å². The molecular weight excluding hydrogens is 348 g/mol. The number of carbonyl (C=O) groups is 1. The zero-order chi connectivity index (χ0) is 18.6. The maximum absolute atomic E-state index is 12.9. The number of aromatic nitrogens is 3. The Morgan fingerprint density at radius 3 is 2.96 bits per heavy atom. The van der Waals surface area contributed by atoms with E-state index < -0.39 is 0 Å². The molecule has 3 heterocycles. The number of methoxy groups -OCH3 is 1. The van der Waals surface area contributed by atoms with Crippen molar-refractivity contribution in [2.75, 3.05) is 26.9 Å². The van der Waals surface area contributed by atoms with Crippen LogP contribution in [0.1, 0.15) is 53.8 Å². The molecule has 2 aliphatic rings. The van der Waals surface area contributed by atoms with E-state index in [2.05, 4.69) is 15.1 Å². The van der Waals surface area contributed by atoms with E-state index in [1.807, 2.05) is 0 Å². The Hall–Kier alpha value is -2.48. The van der Waals surface area contributed by atoms with E-state index in [4.69, 9.17) is 14.0 Å². The second kappa shape index (κ2) is 8.04. The van der Waals surface area contributed by atoms with Crippen LogP contribution in [0.25, 0.3) is 0 Å². The van der Waals surface area contributed by atoms with Gasteiger partial charge in [0.1, 0.15) is 6.04 Å². The first-order valence-electron chi connectivity index (χ1n) is 9.46. The number of likely N-dealkylation sites (tertiary alicyclic amines) is 1. The average molecular weight is 372 g/mol. The SMILES string of the molecule is COc1ccc(C(=O)N2CCCC2c2nc(CCOCC3CC3)no2)cn1. The number of pyridine rings is 1. The maximum atomic E-state index is 12.9. The van der Waals surface area contributed by atoms with Crippen molar-refractivity contribution in [2.45, 2.75) is 38.1 Å². The van der Waals surface area contributed by atoms with Crippen LogP contribution >= 0.6 is 0 Å². The molecule has 8 nitrogen and oxygen atoms in total. The normalized spacial score (nSPS) is 19.4. The number of carbonyl (C=O) groups excluding carboxylic acids is 1. The van der Waals surface area contributed by atoms with Gasteiger partial charge in [0.15, 0.2) is 5.82 Å². The van der Waals surface area contributed by atoms with Crippen LogP contribution in [0.3, 0.4) is 0 Å². The standard InChI is InChI=1S/C19H24N4O4/c1-25-17-7-6-14(11-20-17)19(24)23-9-2-3-15(23)18-21-16(22-27-18)8-10-26-12-13-4-5-13/h6-7,11,13,15H,2-5,8-10,12H2,1H3. The predicted octanol–water partition coefficient (Wildman–Crippen LogP) is 2.42. The Morgan fingerprint density at radius 1 is 1.33 bits per heavy atom. The molecular formula is C19H24N4O4. The van der Waals surface area contributed by atoms with Crippen molar-refractivity contribution >= 4 is 5.91 Å². The molecule has 1 atom stereocenters. The molecule has 0 spiro atoms. The maximum Gasteiger partial charge on any atom is 0.256 e. The van der Waals surface area contributed by atoms with Gasteiger partial charge in [-0.15, -0.1) is 0 Å². The second-order valence-corrected chi connectivity index (χ2v) is 7.06. The summed E-state index contributed by atoms with van der Waals surface area (Å²) in [7, 11) is 1.55. The van der Waals surface area contributed by atoms with Gasteiger partial charge in [-0.25, -0.2) is 4.98 Å². The topological polar surface area (TPSA) is 90.6 Å². The predicted molar refractivity (Wildman–Crippen MR) is 95.3 cm³/mol. The fourth-order valence-corrected chi connectivity index (χ4v) is 3.26. The summed E-state index contributed by atoms with van der Waals surface area (Å²) in [4.78, 5) is 23.2. The van der Waals surface area contributed by atoms with Crippen LogP contribution in [-0.4, -0.2) is 52.8 Å². The molecule has 8 heteroatoms. The Bertz CT molecular complexity index is 772. The highest BCUT2D eigenvalue weighted by Crippen LogP contribution is 2.32. The third kappa shape index (κ3) is 4.27. The smallest absolute Gasteiger partial charge is 0.256 e. The van der Waals surface area contributed by atoms with Crippen molar-refractivity contribution in [1.29, 1.82) is 0 Å². The van der Waals surface area contributed by atoms with Gasteiger partial charge in [-0.3, -0.25) is 4.79 Å². The van der Waals surface area contributed by atoms with Crippen LogP contribution in [0.4, 0.5) is 0 Å². The Morgan fingerprint density at radius 2 is 2.22 bits per heavy atom. The quantitative estimate of drug-likeness (QED) is 0.657. The minimum Gasteiger partial charge on any atom is -0.481 e. The molecule has 2 fully saturated rings. The largest absolute Gasteiger partial charge is 0.481 e. The molecule has 27 heavy (non-hydrogen) atoms. The van der Waals surface area contributed by atoms with E-state index in [0.717, 1.165) is 25.4 Å². The van der Waals surface area contributed by atoms with Crippen LogP contribution in [0, 0.1) is 5.92 Å². The Balaban J connectivity index is 1.37. The van der Waals surface area contributed by atoms with Gasteiger partial charge < -0.3 is 18.9 Å². The average Bonchev–Trinajstić information content (AvgIpc) is 3.19. The lowest BCUT2D eigenvalue weighted by Gasteiger charge is -2.21. The van der Waals surface area contributed by atoms with Gasteiger partial charge in [0, 0.05) is 31.8 Å². The summed E-state index contributed by atoms with van der Waals surface area (Å²) in [6.45, 7) is 2.09. The third-order valence-corrected chi connectivity index (χ3v) is 5.00. The first-order chi connectivity index (χ1) is 13.2. The van der Waals surface area contributed by atoms with Crippen LogP contribution in [0.5, 0.6) is 5.88 Å². The fraction of sp³-hybridized carbons (Fsp3) is 0.579. The van der Waals surface area contributed by atoms with Gasteiger partial charge in [0.05, 0.1) is 19.3 Å². The summed E-state index contributed by atoms with van der Waals surface area (Å²) in [5, 5.41) is 4.05. The molecule has 0 aromatic carbocycles. The molecule has 144 valence electrons. The Kier molecular flexibility index (Phi) is 5.33. The van der Waals surface area contributed by atoms with Gasteiger partial charge in [-0.1, -0.05) is 5.16 Å². The monoisotopic (exact) mass is 372 g/mol. The summed E-state index contributed by atoms with van der Waals surface area (Å²) < 4.78 is 16.1. The molecule has 1 aliphatic carbocycles. The van der Waals surface area contributed by atoms with E-state index >= 15 is 0 Å². The van der Waals surface area contributed by atoms with Crippen LogP contribution in [0.2, 0.25) is 0 Å². The Labute approximate surface area is 157 Å². The molecule has 0 N–H and O–H groups in total. The summed E-state index contributed by atoms with van der Waals surface area (Å²) in [6.07, 6.45) is 6.44. The first-order valence-corrected chi connectivity index (χ1v) is 9.46. The molecule has 2 aromatic rings. The lowest BCUT2D eigenvalue weighted by Crippen LogP contribution is -2.30. The molecule has 0 bridgehead atoms. The zero-order valence-electron chi connectivity index (χ0n) is 15.5. The molecule has 1 saturated heterocycles. The molecule has 1 saturated carbocycles. The van der Waals surface area contributed by atoms with E-state index in [1.54, 1.807) is 24.1 Å². The van der Waals surface area contributed by atoms with Crippen molar-refractivity contribution in [3.8, 4) is 5.88 Å². The fourth-order valence-electron chi connectivity index (χ4n) is 3.26. The summed E-state index contributed by atoms with van der Waals surface area (Å²) in [6, 6.07) is 3.22. The van der Waals surface area contributed by atoms with Gasteiger partial charge in [0.25, 0.3) is 5.91 Å². The lowest BCUT2D eigenvalue weighted by molar-refractivity contribution is 0.0709. The number of ether oxygens (including phenoxy) is 2. The highest BCUT2D eigenvalue weighted by atomic mass is 16.5. The van der Waals surface area contributed by atoms with Crippen molar-refractivity contribution in [2.24, 2.45) is 5.92 Å². The van der Waals surface area contributed by atoms with Crippen LogP contribution < -0.4 is 4.74 Å². The molecule has 1 amide bonds. The highest BCUT2D eigenvalue weighted by molar-refractivity contribution is 5.94. The van der Waals surface area contributed by atoms with E-state index in [-0.39, 0.29) is 11.9 Å². The van der Waals surface area contributed by atoms with Crippen molar-refractivity contribution in [3.05, 3.63) is 35.6 Å². The van der Waals surface area contributed by atoms with E-state index in [0.29, 0.717) is 42.7 Å². The van der Waals surface area contributed by atoms with Gasteiger partial charge in [0.2, 0.25) is 11.8 Å². The molecule has 1 aliphatic heterocycles. The van der Waals surface area contributed by atoms with Crippen molar-refractivity contribution < 1.29 is 18.8 Å². The third-order valence-electron chi connectivity index (χ3n) is 5.00. The lowest BCUT2D eigenvalue weighted by atomic mass is 10.2. The molecule has 1 unspecified atom stereocenters. The molecule has 0 radical (unpaired) electrons. The number of amides is 1. The second-order valence-electron chi connectivity index (χ2n) is 7.06. The highest BCUT2D eigenvalue weighted by Gasteiger charge is 2.34. The van der Waals surface area contributed by atoms with E-state index in [1.165, 1.54) is 19.0 Å². The minimum atomic E-state index is -0.187. The zero-order valence-corrected chi connectivity index (χ0v) is 15.5. The summed E-state index contributed by atoms with van der Waals surface area (Å²) in [5.74, 6) is 2.28. The number of rotatable bonds is 8. The van der Waals surface area contributed by atoms with Gasteiger partial charge in [-0.2, -0.15) is 4.98 Å².